The van der Waals surface area contributed by atoms with E-state index in [1.54, 1.807) is 12.1 Å². The number of carbonyl (C=O) groups is 2. The van der Waals surface area contributed by atoms with Crippen molar-refractivity contribution in [2.24, 2.45) is 0 Å². The molecule has 1 aromatic rings. The number of nitrogens with one attached hydrogen (secondary N) is 1. The summed E-state index contributed by atoms with van der Waals surface area (Å²) in [7, 11) is 0. The van der Waals surface area contributed by atoms with E-state index >= 15 is 0 Å². The molecule has 0 radical (unpaired) electrons. The fourth-order valence-electron chi connectivity index (χ4n) is 1.90. The van der Waals surface area contributed by atoms with Crippen LogP contribution in [-0.2, 0) is 19.2 Å². The Balaban J connectivity index is 1.79. The van der Waals surface area contributed by atoms with Gasteiger partial charge in [0.25, 0.3) is 5.91 Å². The topological polar surface area (TPSA) is 97.8 Å². The zero-order chi connectivity index (χ0) is 16.5. The minimum atomic E-state index is -1.02. The molecule has 1 aliphatic rings. The van der Waals surface area contributed by atoms with E-state index in [2.05, 4.69) is 10.5 Å². The van der Waals surface area contributed by atoms with Gasteiger partial charge in [-0.1, -0.05) is 6.07 Å². The molecule has 2 rings (SSSR count). The molecule has 2 N–H and O–H groups in total. The van der Waals surface area contributed by atoms with E-state index in [4.69, 9.17) is 14.7 Å². The number of aliphatic carboxylic acids is 1. The molecular weight excluding hydrogens is 300 g/mol. The number of nitrogens with zero attached hydrogens (tertiary/aromatic N) is 1. The molecule has 1 aromatic heterocycles. The van der Waals surface area contributed by atoms with Gasteiger partial charge in [-0.2, -0.15) is 0 Å². The van der Waals surface area contributed by atoms with Gasteiger partial charge in [-0.15, -0.1) is 0 Å². The van der Waals surface area contributed by atoms with Crippen molar-refractivity contribution in [3.63, 3.8) is 0 Å². The number of hydroxylamine groups is 1. The molecule has 1 aliphatic heterocycles. The third-order valence-electron chi connectivity index (χ3n) is 3.06. The second kappa shape index (κ2) is 8.82. The largest absolute Gasteiger partial charge is 0.478 e. The number of ether oxygens (including phenoxy) is 1. The van der Waals surface area contributed by atoms with E-state index in [0.29, 0.717) is 17.9 Å². The highest BCUT2D eigenvalue weighted by molar-refractivity contribution is 5.90. The second-order valence-corrected chi connectivity index (χ2v) is 4.90. The minimum Gasteiger partial charge on any atom is -0.478 e. The molecule has 1 unspecified atom stereocenters. The average Bonchev–Trinajstić information content (AvgIpc) is 2.58. The fourth-order valence-corrected chi connectivity index (χ4v) is 1.90. The number of amides is 1. The summed E-state index contributed by atoms with van der Waals surface area (Å²) in [5, 5.41) is 8.54. The first-order chi connectivity index (χ1) is 11.1. The summed E-state index contributed by atoms with van der Waals surface area (Å²) in [5.74, 6) is -1.43. The Kier molecular flexibility index (Phi) is 6.46. The number of pyridine rings is 1. The van der Waals surface area contributed by atoms with Crippen molar-refractivity contribution >= 4 is 24.0 Å². The van der Waals surface area contributed by atoms with Crippen LogP contribution in [0.3, 0.4) is 0 Å². The van der Waals surface area contributed by atoms with Crippen LogP contribution >= 0.6 is 0 Å². The van der Waals surface area contributed by atoms with Gasteiger partial charge in [0.05, 0.1) is 5.69 Å². The lowest BCUT2D eigenvalue weighted by Gasteiger charge is -2.21. The van der Waals surface area contributed by atoms with E-state index in [1.165, 1.54) is 24.4 Å². The lowest BCUT2D eigenvalue weighted by atomic mass is 10.2. The number of aromatic nitrogens is 1. The van der Waals surface area contributed by atoms with Crippen LogP contribution < -0.4 is 5.48 Å². The number of carboxylic acids is 1. The highest BCUT2D eigenvalue weighted by atomic mass is 16.8. The van der Waals surface area contributed by atoms with Gasteiger partial charge in [-0.05, 0) is 36.6 Å². The Morgan fingerprint density at radius 3 is 2.83 bits per heavy atom. The van der Waals surface area contributed by atoms with Gasteiger partial charge in [0.2, 0.25) is 0 Å². The molecule has 1 fully saturated rings. The highest BCUT2D eigenvalue weighted by Crippen LogP contribution is 2.12. The Hall–Kier alpha value is -2.51. The molecule has 1 amide bonds. The third kappa shape index (κ3) is 6.41. The van der Waals surface area contributed by atoms with Gasteiger partial charge < -0.3 is 9.84 Å². The number of hydrogen-bond donors (Lipinski definition) is 2. The van der Waals surface area contributed by atoms with Crippen LogP contribution in [-0.4, -0.2) is 34.9 Å². The van der Waals surface area contributed by atoms with Crippen LogP contribution in [0.2, 0.25) is 0 Å². The quantitative estimate of drug-likeness (QED) is 0.613. The molecule has 7 heteroatoms. The summed E-state index contributed by atoms with van der Waals surface area (Å²) < 4.78 is 5.32. The van der Waals surface area contributed by atoms with Gasteiger partial charge >= 0.3 is 5.97 Å². The molecule has 1 atom stereocenters. The Morgan fingerprint density at radius 2 is 2.17 bits per heavy atom. The molecule has 0 aliphatic carbocycles. The Bertz CT molecular complexity index is 589. The van der Waals surface area contributed by atoms with Crippen molar-refractivity contribution in [3.05, 3.63) is 41.7 Å². The molecular formula is C16H18N2O5. The van der Waals surface area contributed by atoms with Crippen LogP contribution in [0.5, 0.6) is 0 Å². The number of carbonyl (C=O) groups excluding carboxylic acids is 1. The van der Waals surface area contributed by atoms with Crippen molar-refractivity contribution in [1.82, 2.24) is 10.5 Å². The standard InChI is InChI=1S/C16H18N2O5/c19-14(18-23-16-3-1-2-10-22-16)8-7-13-6-4-12(11-17-13)5-9-15(20)21/h4-9,11,16H,1-3,10H2,(H,18,19)(H,20,21). The molecule has 1 saturated heterocycles. The van der Waals surface area contributed by atoms with Crippen LogP contribution in [0, 0.1) is 0 Å². The summed E-state index contributed by atoms with van der Waals surface area (Å²) in [5.41, 5.74) is 3.54. The predicted octanol–water partition coefficient (Wildman–Crippen LogP) is 1.77. The zero-order valence-corrected chi connectivity index (χ0v) is 12.5. The SMILES string of the molecule is O=C(O)C=Cc1ccc(C=CC(=O)NOC2CCCCO2)nc1. The molecule has 0 bridgehead atoms. The normalized spacial score (nSPS) is 18.3. The van der Waals surface area contributed by atoms with Crippen molar-refractivity contribution in [3.8, 4) is 0 Å². The molecule has 0 saturated carbocycles. The predicted molar refractivity (Wildman–Crippen MR) is 82.8 cm³/mol. The van der Waals surface area contributed by atoms with Gasteiger partial charge in [0, 0.05) is 31.4 Å². The molecule has 7 nitrogen and oxygen atoms in total. The van der Waals surface area contributed by atoms with Crippen molar-refractivity contribution in [2.75, 3.05) is 6.61 Å². The summed E-state index contributed by atoms with van der Waals surface area (Å²) in [6.07, 6.45) is 9.22. The monoisotopic (exact) mass is 318 g/mol. The summed E-state index contributed by atoms with van der Waals surface area (Å²) in [6.45, 7) is 0.642. The summed E-state index contributed by atoms with van der Waals surface area (Å²) in [4.78, 5) is 31.3. The molecule has 0 spiro atoms. The van der Waals surface area contributed by atoms with Gasteiger partial charge in [-0.25, -0.2) is 15.1 Å². The van der Waals surface area contributed by atoms with E-state index in [9.17, 15) is 9.59 Å². The third-order valence-corrected chi connectivity index (χ3v) is 3.06. The van der Waals surface area contributed by atoms with Gasteiger partial charge in [-0.3, -0.25) is 9.78 Å². The summed E-state index contributed by atoms with van der Waals surface area (Å²) >= 11 is 0. The Labute approximate surface area is 133 Å². The zero-order valence-electron chi connectivity index (χ0n) is 12.5. The summed E-state index contributed by atoms with van der Waals surface area (Å²) in [6, 6.07) is 3.38. The first-order valence-corrected chi connectivity index (χ1v) is 7.26. The second-order valence-electron chi connectivity index (χ2n) is 4.90. The first kappa shape index (κ1) is 16.9. The van der Waals surface area contributed by atoms with E-state index in [-0.39, 0.29) is 6.29 Å². The van der Waals surface area contributed by atoms with Crippen LogP contribution in [0.4, 0.5) is 0 Å². The fraction of sp³-hybridized carbons (Fsp3) is 0.312. The number of hydrogen-bond acceptors (Lipinski definition) is 5. The molecule has 2 heterocycles. The van der Waals surface area contributed by atoms with Crippen molar-refractivity contribution in [2.45, 2.75) is 25.6 Å². The molecule has 0 aromatic carbocycles. The lowest BCUT2D eigenvalue weighted by Crippen LogP contribution is -2.32. The first-order valence-electron chi connectivity index (χ1n) is 7.26. The maximum absolute atomic E-state index is 11.6. The van der Waals surface area contributed by atoms with E-state index in [1.807, 2.05) is 0 Å². The Morgan fingerprint density at radius 1 is 1.30 bits per heavy atom. The van der Waals surface area contributed by atoms with Crippen molar-refractivity contribution in [1.29, 1.82) is 0 Å². The maximum Gasteiger partial charge on any atom is 0.328 e. The van der Waals surface area contributed by atoms with Gasteiger partial charge in [0.15, 0.2) is 6.29 Å². The van der Waals surface area contributed by atoms with E-state index in [0.717, 1.165) is 25.3 Å². The van der Waals surface area contributed by atoms with Crippen LogP contribution in [0.15, 0.2) is 30.5 Å². The lowest BCUT2D eigenvalue weighted by molar-refractivity contribution is -0.198. The van der Waals surface area contributed by atoms with Crippen LogP contribution in [0.1, 0.15) is 30.5 Å². The molecule has 23 heavy (non-hydrogen) atoms. The average molecular weight is 318 g/mol. The highest BCUT2D eigenvalue weighted by Gasteiger charge is 2.14. The van der Waals surface area contributed by atoms with E-state index < -0.39 is 11.9 Å². The maximum atomic E-state index is 11.6. The molecule has 122 valence electrons. The number of carboxylic acid groups (broad SMARTS) is 1. The van der Waals surface area contributed by atoms with Gasteiger partial charge in [0.1, 0.15) is 0 Å². The smallest absolute Gasteiger partial charge is 0.328 e. The number of rotatable bonds is 6. The minimum absolute atomic E-state index is 0.389. The van der Waals surface area contributed by atoms with Crippen molar-refractivity contribution < 1.29 is 24.3 Å². The van der Waals surface area contributed by atoms with Crippen LogP contribution in [0.25, 0.3) is 12.2 Å².